The van der Waals surface area contributed by atoms with Crippen LogP contribution in [0.15, 0.2) is 24.3 Å². The van der Waals surface area contributed by atoms with Gasteiger partial charge in [0.15, 0.2) is 0 Å². The highest BCUT2D eigenvalue weighted by Crippen LogP contribution is 2.26. The van der Waals surface area contributed by atoms with Crippen molar-refractivity contribution in [2.45, 2.75) is 12.8 Å². The lowest BCUT2D eigenvalue weighted by atomic mass is 9.87. The first-order valence-corrected chi connectivity index (χ1v) is 5.58. The Morgan fingerprint density at radius 2 is 2.06 bits per heavy atom. The van der Waals surface area contributed by atoms with Crippen LogP contribution in [0.1, 0.15) is 18.4 Å². The van der Waals surface area contributed by atoms with Crippen LogP contribution in [0.4, 0.5) is 4.39 Å². The van der Waals surface area contributed by atoms with Gasteiger partial charge in [0.05, 0.1) is 0 Å². The van der Waals surface area contributed by atoms with Crippen LogP contribution in [-0.2, 0) is 4.74 Å². The molecule has 2 unspecified atom stereocenters. The minimum absolute atomic E-state index is 0.134. The maximum atomic E-state index is 13.7. The SMILES string of the molecule is CNCC(c1ccccc1F)C(C)COC. The Hall–Kier alpha value is -0.930. The molecule has 2 nitrogen and oxygen atoms in total. The average molecular weight is 225 g/mol. The van der Waals surface area contributed by atoms with Gasteiger partial charge >= 0.3 is 0 Å². The summed E-state index contributed by atoms with van der Waals surface area (Å²) in [5.74, 6) is 0.297. The monoisotopic (exact) mass is 225 g/mol. The predicted molar refractivity (Wildman–Crippen MR) is 64.1 cm³/mol. The fraction of sp³-hybridized carbons (Fsp3) is 0.538. The summed E-state index contributed by atoms with van der Waals surface area (Å²) in [6, 6.07) is 6.96. The molecule has 0 radical (unpaired) electrons. The first-order valence-electron chi connectivity index (χ1n) is 5.58. The van der Waals surface area contributed by atoms with E-state index in [1.807, 2.05) is 19.2 Å². The molecule has 1 rings (SSSR count). The smallest absolute Gasteiger partial charge is 0.126 e. The van der Waals surface area contributed by atoms with Gasteiger partial charge in [-0.15, -0.1) is 0 Å². The number of methoxy groups -OCH3 is 1. The predicted octanol–water partition coefficient (Wildman–Crippen LogP) is 2.41. The lowest BCUT2D eigenvalue weighted by molar-refractivity contribution is 0.145. The van der Waals surface area contributed by atoms with E-state index in [0.29, 0.717) is 6.61 Å². The van der Waals surface area contributed by atoms with Gasteiger partial charge in [0.25, 0.3) is 0 Å². The summed E-state index contributed by atoms with van der Waals surface area (Å²) in [7, 11) is 3.56. The van der Waals surface area contributed by atoms with Crippen molar-refractivity contribution < 1.29 is 9.13 Å². The molecule has 1 N–H and O–H groups in total. The first kappa shape index (κ1) is 13.1. The summed E-state index contributed by atoms with van der Waals surface area (Å²) in [5, 5.41) is 3.11. The van der Waals surface area contributed by atoms with E-state index in [0.717, 1.165) is 12.1 Å². The van der Waals surface area contributed by atoms with Crippen molar-refractivity contribution in [1.82, 2.24) is 5.32 Å². The minimum atomic E-state index is -0.134. The Morgan fingerprint density at radius 1 is 1.38 bits per heavy atom. The Bertz CT molecular complexity index is 317. The van der Waals surface area contributed by atoms with Crippen LogP contribution in [0.2, 0.25) is 0 Å². The molecule has 1 aromatic carbocycles. The van der Waals surface area contributed by atoms with Gasteiger partial charge in [0.1, 0.15) is 5.82 Å². The Labute approximate surface area is 96.8 Å². The van der Waals surface area contributed by atoms with E-state index < -0.39 is 0 Å². The molecule has 0 aliphatic carbocycles. The molecular formula is C13H20FNO. The van der Waals surface area contributed by atoms with Gasteiger partial charge in [-0.05, 0) is 24.6 Å². The summed E-state index contributed by atoms with van der Waals surface area (Å²) in [6.07, 6.45) is 0. The lowest BCUT2D eigenvalue weighted by Crippen LogP contribution is -2.26. The van der Waals surface area contributed by atoms with Crippen molar-refractivity contribution in [3.8, 4) is 0 Å². The number of hydrogen-bond acceptors (Lipinski definition) is 2. The second kappa shape index (κ2) is 6.61. The molecule has 0 amide bonds. The third kappa shape index (κ3) is 3.29. The zero-order chi connectivity index (χ0) is 12.0. The maximum absolute atomic E-state index is 13.7. The third-order valence-corrected chi connectivity index (χ3v) is 2.85. The molecule has 0 saturated carbocycles. The number of likely N-dealkylation sites (N-methyl/N-ethyl adjacent to an activating group) is 1. The molecule has 16 heavy (non-hydrogen) atoms. The second-order valence-electron chi connectivity index (χ2n) is 4.12. The normalized spacial score (nSPS) is 14.8. The minimum Gasteiger partial charge on any atom is -0.384 e. The Kier molecular flexibility index (Phi) is 5.43. The second-order valence-corrected chi connectivity index (χ2v) is 4.12. The molecule has 0 aliphatic heterocycles. The van der Waals surface area contributed by atoms with Crippen LogP contribution in [0, 0.1) is 11.7 Å². The fourth-order valence-electron chi connectivity index (χ4n) is 1.99. The van der Waals surface area contributed by atoms with E-state index in [2.05, 4.69) is 12.2 Å². The van der Waals surface area contributed by atoms with E-state index in [1.54, 1.807) is 13.2 Å². The van der Waals surface area contributed by atoms with Gasteiger partial charge in [-0.2, -0.15) is 0 Å². The van der Waals surface area contributed by atoms with Crippen LogP contribution in [0.3, 0.4) is 0 Å². The summed E-state index contributed by atoms with van der Waals surface area (Å²) in [5.41, 5.74) is 0.765. The zero-order valence-corrected chi connectivity index (χ0v) is 10.2. The first-order chi connectivity index (χ1) is 7.70. The fourth-order valence-corrected chi connectivity index (χ4v) is 1.99. The highest BCUT2D eigenvalue weighted by atomic mass is 19.1. The Balaban J connectivity index is 2.88. The van der Waals surface area contributed by atoms with Crippen LogP contribution < -0.4 is 5.32 Å². The van der Waals surface area contributed by atoms with E-state index in [-0.39, 0.29) is 17.7 Å². The molecule has 3 heteroatoms. The van der Waals surface area contributed by atoms with Crippen molar-refractivity contribution in [3.63, 3.8) is 0 Å². The van der Waals surface area contributed by atoms with Crippen molar-refractivity contribution in [1.29, 1.82) is 0 Å². The molecule has 90 valence electrons. The number of halogens is 1. The van der Waals surface area contributed by atoms with E-state index >= 15 is 0 Å². The summed E-state index contributed by atoms with van der Waals surface area (Å²) in [4.78, 5) is 0. The van der Waals surface area contributed by atoms with Crippen LogP contribution >= 0.6 is 0 Å². The summed E-state index contributed by atoms with van der Waals surface area (Å²) < 4.78 is 18.8. The molecule has 0 saturated heterocycles. The molecular weight excluding hydrogens is 205 g/mol. The molecule has 0 spiro atoms. The zero-order valence-electron chi connectivity index (χ0n) is 10.2. The highest BCUT2D eigenvalue weighted by molar-refractivity contribution is 5.22. The van der Waals surface area contributed by atoms with Crippen molar-refractivity contribution >= 4 is 0 Å². The van der Waals surface area contributed by atoms with Gasteiger partial charge in [0, 0.05) is 26.2 Å². The van der Waals surface area contributed by atoms with Gasteiger partial charge in [-0.25, -0.2) is 4.39 Å². The van der Waals surface area contributed by atoms with Crippen LogP contribution in [0.25, 0.3) is 0 Å². The van der Waals surface area contributed by atoms with Gasteiger partial charge < -0.3 is 10.1 Å². The van der Waals surface area contributed by atoms with Gasteiger partial charge in [0.2, 0.25) is 0 Å². The quantitative estimate of drug-likeness (QED) is 0.802. The van der Waals surface area contributed by atoms with E-state index in [4.69, 9.17) is 4.74 Å². The lowest BCUT2D eigenvalue weighted by Gasteiger charge is -2.24. The summed E-state index contributed by atoms with van der Waals surface area (Å²) in [6.45, 7) is 3.48. The molecule has 0 aromatic heterocycles. The summed E-state index contributed by atoms with van der Waals surface area (Å²) >= 11 is 0. The molecule has 0 bridgehead atoms. The Morgan fingerprint density at radius 3 is 2.62 bits per heavy atom. The maximum Gasteiger partial charge on any atom is 0.126 e. The number of hydrogen-bond donors (Lipinski definition) is 1. The number of ether oxygens (including phenoxy) is 1. The number of benzene rings is 1. The number of nitrogens with one attached hydrogen (secondary N) is 1. The molecule has 1 aromatic rings. The van der Waals surface area contributed by atoms with Crippen molar-refractivity contribution in [2.24, 2.45) is 5.92 Å². The molecule has 0 heterocycles. The van der Waals surface area contributed by atoms with Gasteiger partial charge in [-0.1, -0.05) is 25.1 Å². The van der Waals surface area contributed by atoms with Crippen molar-refractivity contribution in [3.05, 3.63) is 35.6 Å². The molecule has 0 aliphatic rings. The molecule has 0 fully saturated rings. The average Bonchev–Trinajstić information content (AvgIpc) is 2.27. The van der Waals surface area contributed by atoms with Crippen molar-refractivity contribution in [2.75, 3.05) is 27.3 Å². The van der Waals surface area contributed by atoms with E-state index in [1.165, 1.54) is 6.07 Å². The largest absolute Gasteiger partial charge is 0.384 e. The number of rotatable bonds is 6. The standard InChI is InChI=1S/C13H20FNO/c1-10(9-16-3)12(8-15-2)11-6-4-5-7-13(11)14/h4-7,10,12,15H,8-9H2,1-3H3. The van der Waals surface area contributed by atoms with E-state index in [9.17, 15) is 4.39 Å². The van der Waals surface area contributed by atoms with Crippen LogP contribution in [-0.4, -0.2) is 27.3 Å². The van der Waals surface area contributed by atoms with Gasteiger partial charge in [-0.3, -0.25) is 0 Å². The van der Waals surface area contributed by atoms with Crippen LogP contribution in [0.5, 0.6) is 0 Å². The highest BCUT2D eigenvalue weighted by Gasteiger charge is 2.21. The molecule has 2 atom stereocenters. The topological polar surface area (TPSA) is 21.3 Å². The third-order valence-electron chi connectivity index (χ3n) is 2.85.